The number of phenolic OH excluding ortho intramolecular Hbond substituents is 1. The number of phenols is 1. The van der Waals surface area contributed by atoms with Crippen molar-refractivity contribution in [2.24, 2.45) is 0 Å². The molecule has 4 heteroatoms. The number of benzene rings is 2. The van der Waals surface area contributed by atoms with Crippen LogP contribution in [0.2, 0.25) is 0 Å². The number of ketones is 1. The lowest BCUT2D eigenvalue weighted by atomic mass is 9.98. The Balaban J connectivity index is 1.83. The van der Waals surface area contributed by atoms with E-state index in [2.05, 4.69) is 0 Å². The molecule has 0 amide bonds. The topological polar surface area (TPSA) is 63.6 Å². The Bertz CT molecular complexity index is 690. The summed E-state index contributed by atoms with van der Waals surface area (Å²) in [4.78, 5) is 23.8. The van der Waals surface area contributed by atoms with Crippen molar-refractivity contribution in [1.82, 2.24) is 0 Å². The molecule has 0 aliphatic carbocycles. The molecule has 0 saturated heterocycles. The minimum absolute atomic E-state index is 0.0414. The van der Waals surface area contributed by atoms with Crippen LogP contribution in [-0.2, 0) is 4.74 Å². The fraction of sp³-hybridized carbons (Fsp3) is 0.125. The van der Waals surface area contributed by atoms with E-state index in [0.29, 0.717) is 11.1 Å². The molecule has 0 saturated carbocycles. The molecule has 0 aromatic heterocycles. The zero-order valence-electron chi connectivity index (χ0n) is 10.6. The largest absolute Gasteiger partial charge is 0.508 e. The van der Waals surface area contributed by atoms with Gasteiger partial charge in [-0.15, -0.1) is 0 Å². The molecule has 1 aliphatic rings. The van der Waals surface area contributed by atoms with Crippen molar-refractivity contribution >= 4 is 11.8 Å². The van der Waals surface area contributed by atoms with Crippen LogP contribution < -0.4 is 0 Å². The minimum Gasteiger partial charge on any atom is -0.508 e. The smallest absolute Gasteiger partial charge is 0.339 e. The Kier molecular flexibility index (Phi) is 2.99. The number of carbonyl (C=O) groups excluding carboxylic acids is 2. The van der Waals surface area contributed by atoms with Gasteiger partial charge in [0.25, 0.3) is 0 Å². The first-order valence-corrected chi connectivity index (χ1v) is 6.27. The maximum atomic E-state index is 12.2. The number of hydrogen-bond acceptors (Lipinski definition) is 4. The molecule has 100 valence electrons. The molecular formula is C16H12O4. The highest BCUT2D eigenvalue weighted by Crippen LogP contribution is 2.33. The Hall–Kier alpha value is -2.62. The van der Waals surface area contributed by atoms with Crippen LogP contribution in [0.25, 0.3) is 0 Å². The first-order chi connectivity index (χ1) is 9.65. The first-order valence-electron chi connectivity index (χ1n) is 6.27. The molecule has 2 aromatic carbocycles. The second kappa shape index (κ2) is 4.81. The Labute approximate surface area is 115 Å². The van der Waals surface area contributed by atoms with E-state index in [-0.39, 0.29) is 18.0 Å². The number of Topliss-reactive ketones (excluding diaryl/α,β-unsaturated/α-hetero) is 1. The lowest BCUT2D eigenvalue weighted by Gasteiger charge is -2.09. The average Bonchev–Trinajstić information content (AvgIpc) is 2.76. The normalized spacial score (nSPS) is 16.6. The summed E-state index contributed by atoms with van der Waals surface area (Å²) in [6, 6.07) is 13.2. The molecule has 2 aromatic rings. The summed E-state index contributed by atoms with van der Waals surface area (Å²) < 4.78 is 5.23. The molecule has 0 spiro atoms. The summed E-state index contributed by atoms with van der Waals surface area (Å²) >= 11 is 0. The van der Waals surface area contributed by atoms with Crippen LogP contribution in [0.15, 0.2) is 48.5 Å². The third-order valence-corrected chi connectivity index (χ3v) is 3.32. The van der Waals surface area contributed by atoms with Gasteiger partial charge >= 0.3 is 5.97 Å². The van der Waals surface area contributed by atoms with Gasteiger partial charge < -0.3 is 9.84 Å². The van der Waals surface area contributed by atoms with Crippen LogP contribution in [0.4, 0.5) is 0 Å². The molecular weight excluding hydrogens is 256 g/mol. The van der Waals surface area contributed by atoms with Crippen molar-refractivity contribution < 1.29 is 19.4 Å². The van der Waals surface area contributed by atoms with E-state index in [1.807, 2.05) is 6.07 Å². The maximum Gasteiger partial charge on any atom is 0.339 e. The molecule has 20 heavy (non-hydrogen) atoms. The summed E-state index contributed by atoms with van der Waals surface area (Å²) in [5, 5.41) is 9.39. The number of hydrogen-bond donors (Lipinski definition) is 1. The predicted molar refractivity (Wildman–Crippen MR) is 71.7 cm³/mol. The highest BCUT2D eigenvalue weighted by Gasteiger charge is 2.32. The predicted octanol–water partition coefficient (Wildman–Crippen LogP) is 2.88. The summed E-state index contributed by atoms with van der Waals surface area (Å²) in [6.07, 6.45) is -0.472. The summed E-state index contributed by atoms with van der Waals surface area (Å²) in [5.41, 5.74) is 1.66. The molecule has 1 N–H and O–H groups in total. The Morgan fingerprint density at radius 1 is 1.15 bits per heavy atom. The molecule has 0 fully saturated rings. The van der Waals surface area contributed by atoms with E-state index >= 15 is 0 Å². The minimum atomic E-state index is -0.548. The van der Waals surface area contributed by atoms with E-state index in [1.54, 1.807) is 30.3 Å². The van der Waals surface area contributed by atoms with Gasteiger partial charge in [-0.3, -0.25) is 4.79 Å². The summed E-state index contributed by atoms with van der Waals surface area (Å²) in [5.74, 6) is -0.524. The fourth-order valence-electron chi connectivity index (χ4n) is 2.34. The first kappa shape index (κ1) is 12.4. The van der Waals surface area contributed by atoms with Crippen LogP contribution in [-0.4, -0.2) is 16.9 Å². The van der Waals surface area contributed by atoms with Gasteiger partial charge in [0.1, 0.15) is 11.9 Å². The highest BCUT2D eigenvalue weighted by atomic mass is 16.5. The summed E-state index contributed by atoms with van der Waals surface area (Å²) in [7, 11) is 0. The molecule has 1 aliphatic heterocycles. The van der Waals surface area contributed by atoms with Crippen LogP contribution in [0.5, 0.6) is 5.75 Å². The van der Waals surface area contributed by atoms with Crippen molar-refractivity contribution in [1.29, 1.82) is 0 Å². The lowest BCUT2D eigenvalue weighted by molar-refractivity contribution is 0.0367. The number of ether oxygens (including phenoxy) is 1. The zero-order valence-corrected chi connectivity index (χ0v) is 10.6. The standard InChI is InChI=1S/C16H12O4/c17-11-5-3-4-10(8-11)14(18)9-15-12-6-1-2-7-13(12)16(19)20-15/h1-8,15,17H,9H2. The molecule has 0 bridgehead atoms. The molecule has 0 radical (unpaired) electrons. The van der Waals surface area contributed by atoms with Gasteiger partial charge in [0, 0.05) is 11.1 Å². The average molecular weight is 268 g/mol. The Morgan fingerprint density at radius 3 is 2.75 bits per heavy atom. The van der Waals surface area contributed by atoms with Gasteiger partial charge in [0.05, 0.1) is 12.0 Å². The fourth-order valence-corrected chi connectivity index (χ4v) is 2.34. The molecule has 1 heterocycles. The van der Waals surface area contributed by atoms with Gasteiger partial charge in [-0.25, -0.2) is 4.79 Å². The van der Waals surface area contributed by atoms with E-state index < -0.39 is 12.1 Å². The van der Waals surface area contributed by atoms with E-state index in [4.69, 9.17) is 4.74 Å². The second-order valence-electron chi connectivity index (χ2n) is 4.66. The number of fused-ring (bicyclic) bond motifs is 1. The number of cyclic esters (lactones) is 1. The van der Waals surface area contributed by atoms with E-state index in [1.165, 1.54) is 12.1 Å². The third kappa shape index (κ3) is 2.16. The van der Waals surface area contributed by atoms with Crippen molar-refractivity contribution in [3.8, 4) is 5.75 Å². The van der Waals surface area contributed by atoms with Gasteiger partial charge in [-0.2, -0.15) is 0 Å². The number of aromatic hydroxyl groups is 1. The van der Waals surface area contributed by atoms with Gasteiger partial charge in [0.15, 0.2) is 5.78 Å². The van der Waals surface area contributed by atoms with Crippen molar-refractivity contribution in [3.63, 3.8) is 0 Å². The Morgan fingerprint density at radius 2 is 1.95 bits per heavy atom. The van der Waals surface area contributed by atoms with E-state index in [9.17, 15) is 14.7 Å². The van der Waals surface area contributed by atoms with Crippen molar-refractivity contribution in [3.05, 3.63) is 65.2 Å². The van der Waals surface area contributed by atoms with Crippen LogP contribution in [0.3, 0.4) is 0 Å². The summed E-state index contributed by atoms with van der Waals surface area (Å²) in [6.45, 7) is 0. The SMILES string of the molecule is O=C(CC1OC(=O)c2ccccc21)c1cccc(O)c1. The second-order valence-corrected chi connectivity index (χ2v) is 4.66. The molecule has 3 rings (SSSR count). The maximum absolute atomic E-state index is 12.2. The van der Waals surface area contributed by atoms with Gasteiger partial charge in [0.2, 0.25) is 0 Å². The van der Waals surface area contributed by atoms with Crippen LogP contribution >= 0.6 is 0 Å². The zero-order chi connectivity index (χ0) is 14.1. The number of esters is 1. The quantitative estimate of drug-likeness (QED) is 0.686. The van der Waals surface area contributed by atoms with Gasteiger partial charge in [-0.1, -0.05) is 30.3 Å². The number of carbonyl (C=O) groups is 2. The number of rotatable bonds is 3. The lowest BCUT2D eigenvalue weighted by Crippen LogP contribution is -2.07. The van der Waals surface area contributed by atoms with Crippen molar-refractivity contribution in [2.75, 3.05) is 0 Å². The molecule has 1 unspecified atom stereocenters. The molecule has 4 nitrogen and oxygen atoms in total. The van der Waals surface area contributed by atoms with E-state index in [0.717, 1.165) is 5.56 Å². The van der Waals surface area contributed by atoms with Crippen LogP contribution in [0.1, 0.15) is 38.8 Å². The third-order valence-electron chi connectivity index (χ3n) is 3.32. The van der Waals surface area contributed by atoms with Gasteiger partial charge in [-0.05, 0) is 18.2 Å². The van der Waals surface area contributed by atoms with Crippen LogP contribution in [0, 0.1) is 0 Å². The monoisotopic (exact) mass is 268 g/mol. The highest BCUT2D eigenvalue weighted by molar-refractivity contribution is 5.99. The van der Waals surface area contributed by atoms with Crippen molar-refractivity contribution in [2.45, 2.75) is 12.5 Å². The molecule has 1 atom stereocenters.